The van der Waals surface area contributed by atoms with Crippen molar-refractivity contribution >= 4 is 11.9 Å². The van der Waals surface area contributed by atoms with Gasteiger partial charge in [-0.3, -0.25) is 4.79 Å². The Balaban J connectivity index is 2.47. The zero-order valence-corrected chi connectivity index (χ0v) is 9.74. The lowest BCUT2D eigenvalue weighted by molar-refractivity contribution is -0.207. The molecule has 0 unspecified atom stereocenters. The lowest BCUT2D eigenvalue weighted by Gasteiger charge is -2.31. The lowest BCUT2D eigenvalue weighted by Crippen LogP contribution is -2.49. The fourth-order valence-electron chi connectivity index (χ4n) is 1.07. The molecule has 0 bridgehead atoms. The van der Waals surface area contributed by atoms with Crippen molar-refractivity contribution in [2.45, 2.75) is 20.8 Å². The minimum absolute atomic E-state index is 0.0250. The predicted molar refractivity (Wildman–Crippen MR) is 54.8 cm³/mol. The Kier molecular flexibility index (Phi) is 3.34. The Morgan fingerprint density at radius 2 is 1.93 bits per heavy atom. The van der Waals surface area contributed by atoms with Crippen molar-refractivity contribution in [2.24, 2.45) is 5.41 Å². The Bertz CT molecular complexity index is 270. The Hall–Kier alpha value is -1.10. The first kappa shape index (κ1) is 12.0. The summed E-state index contributed by atoms with van der Waals surface area (Å²) >= 11 is 0. The zero-order chi connectivity index (χ0) is 11.6. The smallest absolute Gasteiger partial charge is 0.330 e. The molecule has 5 heteroatoms. The molecule has 1 aliphatic rings. The Morgan fingerprint density at radius 1 is 1.33 bits per heavy atom. The van der Waals surface area contributed by atoms with Crippen molar-refractivity contribution in [1.82, 2.24) is 9.96 Å². The monoisotopic (exact) mass is 214 g/mol. The van der Waals surface area contributed by atoms with Crippen molar-refractivity contribution in [3.63, 3.8) is 0 Å². The molecular formula is C10H18N2O3. The van der Waals surface area contributed by atoms with Gasteiger partial charge in [-0.15, -0.1) is 5.06 Å². The lowest BCUT2D eigenvalue weighted by atomic mass is 9.98. The van der Waals surface area contributed by atoms with Crippen molar-refractivity contribution in [1.29, 1.82) is 0 Å². The van der Waals surface area contributed by atoms with Gasteiger partial charge in [-0.05, 0) is 20.8 Å². The van der Waals surface area contributed by atoms with E-state index in [0.29, 0.717) is 13.1 Å². The van der Waals surface area contributed by atoms with Crippen LogP contribution in [0.5, 0.6) is 0 Å². The number of carbonyl (C=O) groups excluding carboxylic acids is 2. The largest absolute Gasteiger partial charge is 0.367 e. The van der Waals surface area contributed by atoms with Gasteiger partial charge in [0.25, 0.3) is 0 Å². The molecule has 1 amide bonds. The van der Waals surface area contributed by atoms with Gasteiger partial charge in [-0.2, -0.15) is 0 Å². The van der Waals surface area contributed by atoms with Crippen LogP contribution in [-0.2, 0) is 14.4 Å². The average Bonchev–Trinajstić information content (AvgIpc) is 2.10. The highest BCUT2D eigenvalue weighted by molar-refractivity contribution is 5.79. The van der Waals surface area contributed by atoms with E-state index in [9.17, 15) is 9.59 Å². The van der Waals surface area contributed by atoms with Crippen LogP contribution in [0.3, 0.4) is 0 Å². The number of rotatable bonds is 1. The maximum Gasteiger partial charge on any atom is 0.330 e. The number of piperazine rings is 1. The number of hydroxylamine groups is 2. The van der Waals surface area contributed by atoms with Crippen molar-refractivity contribution in [3.05, 3.63) is 0 Å². The van der Waals surface area contributed by atoms with Crippen LogP contribution in [0.2, 0.25) is 0 Å². The molecule has 0 atom stereocenters. The molecule has 0 aromatic carbocycles. The van der Waals surface area contributed by atoms with Gasteiger partial charge in [-0.25, -0.2) is 4.79 Å². The van der Waals surface area contributed by atoms with Gasteiger partial charge in [0.05, 0.1) is 12.0 Å². The summed E-state index contributed by atoms with van der Waals surface area (Å²) in [6.45, 7) is 6.67. The van der Waals surface area contributed by atoms with Crippen molar-refractivity contribution in [2.75, 3.05) is 26.7 Å². The zero-order valence-electron chi connectivity index (χ0n) is 9.74. The standard InChI is InChI=1S/C10H18N2O3/c1-10(2,3)9(14)15-12-6-5-11(4)8(13)7-12/h5-7H2,1-4H3. The molecule has 0 aromatic heterocycles. The number of amides is 1. The van der Waals surface area contributed by atoms with Crippen LogP contribution in [-0.4, -0.2) is 48.5 Å². The Labute approximate surface area is 89.9 Å². The maximum atomic E-state index is 11.5. The highest BCUT2D eigenvalue weighted by Gasteiger charge is 2.29. The van der Waals surface area contributed by atoms with E-state index < -0.39 is 5.41 Å². The Morgan fingerprint density at radius 3 is 2.40 bits per heavy atom. The normalized spacial score (nSPS) is 19.2. The topological polar surface area (TPSA) is 49.9 Å². The van der Waals surface area contributed by atoms with Crippen LogP contribution in [0.4, 0.5) is 0 Å². The highest BCUT2D eigenvalue weighted by Crippen LogP contribution is 2.16. The summed E-state index contributed by atoms with van der Waals surface area (Å²) in [6, 6.07) is 0. The van der Waals surface area contributed by atoms with E-state index in [4.69, 9.17) is 4.84 Å². The van der Waals surface area contributed by atoms with Gasteiger partial charge in [0.15, 0.2) is 0 Å². The maximum absolute atomic E-state index is 11.5. The minimum Gasteiger partial charge on any atom is -0.367 e. The van der Waals surface area contributed by atoms with Gasteiger partial charge < -0.3 is 9.74 Å². The van der Waals surface area contributed by atoms with Crippen LogP contribution in [0, 0.1) is 5.41 Å². The van der Waals surface area contributed by atoms with E-state index in [1.54, 1.807) is 32.7 Å². The van der Waals surface area contributed by atoms with Crippen LogP contribution in [0.1, 0.15) is 20.8 Å². The number of hydrogen-bond donors (Lipinski definition) is 0. The molecule has 0 spiro atoms. The fourth-order valence-corrected chi connectivity index (χ4v) is 1.07. The van der Waals surface area contributed by atoms with Gasteiger partial charge in [-0.1, -0.05) is 0 Å². The van der Waals surface area contributed by atoms with Gasteiger partial charge >= 0.3 is 5.97 Å². The minimum atomic E-state index is -0.535. The van der Waals surface area contributed by atoms with Crippen LogP contribution < -0.4 is 0 Å². The third kappa shape index (κ3) is 3.20. The first-order valence-electron chi connectivity index (χ1n) is 5.02. The first-order valence-corrected chi connectivity index (χ1v) is 5.02. The van der Waals surface area contributed by atoms with Gasteiger partial charge in [0, 0.05) is 13.6 Å². The SMILES string of the molecule is CN1CCN(OC(=O)C(C)(C)C)CC1=O. The summed E-state index contributed by atoms with van der Waals surface area (Å²) in [5, 5.41) is 1.43. The molecule has 1 fully saturated rings. The first-order chi connectivity index (χ1) is 6.80. The second kappa shape index (κ2) is 4.18. The van der Waals surface area contributed by atoms with E-state index >= 15 is 0 Å². The molecule has 86 valence electrons. The molecule has 0 radical (unpaired) electrons. The molecule has 0 N–H and O–H groups in total. The number of nitrogens with zero attached hydrogens (tertiary/aromatic N) is 2. The van der Waals surface area contributed by atoms with Gasteiger partial charge in [0.1, 0.15) is 6.54 Å². The summed E-state index contributed by atoms with van der Waals surface area (Å²) in [5.74, 6) is -0.331. The second-order valence-corrected chi connectivity index (χ2v) is 4.81. The molecule has 0 aliphatic carbocycles. The van der Waals surface area contributed by atoms with Crippen LogP contribution in [0.25, 0.3) is 0 Å². The van der Waals surface area contributed by atoms with E-state index in [-0.39, 0.29) is 18.4 Å². The van der Waals surface area contributed by atoms with Crippen molar-refractivity contribution < 1.29 is 14.4 Å². The van der Waals surface area contributed by atoms with E-state index in [0.717, 1.165) is 0 Å². The summed E-state index contributed by atoms with van der Waals surface area (Å²) in [5.41, 5.74) is -0.535. The average molecular weight is 214 g/mol. The molecular weight excluding hydrogens is 196 g/mol. The van der Waals surface area contributed by atoms with Crippen molar-refractivity contribution in [3.8, 4) is 0 Å². The van der Waals surface area contributed by atoms with E-state index in [1.165, 1.54) is 5.06 Å². The van der Waals surface area contributed by atoms with Crippen LogP contribution in [0.15, 0.2) is 0 Å². The van der Waals surface area contributed by atoms with Crippen LogP contribution >= 0.6 is 0 Å². The third-order valence-electron chi connectivity index (χ3n) is 2.25. The highest BCUT2D eigenvalue weighted by atomic mass is 16.7. The van der Waals surface area contributed by atoms with Gasteiger partial charge in [0.2, 0.25) is 5.91 Å². The molecule has 5 nitrogen and oxygen atoms in total. The predicted octanol–water partition coefficient (Wildman–Crippen LogP) is 0.265. The molecule has 0 aromatic rings. The number of hydrogen-bond acceptors (Lipinski definition) is 4. The summed E-state index contributed by atoms with van der Waals surface area (Å²) in [6.07, 6.45) is 0. The summed E-state index contributed by atoms with van der Waals surface area (Å²) < 4.78 is 0. The third-order valence-corrected chi connectivity index (χ3v) is 2.25. The molecule has 1 aliphatic heterocycles. The summed E-state index contributed by atoms with van der Waals surface area (Å²) in [7, 11) is 1.74. The molecule has 0 saturated carbocycles. The second-order valence-electron chi connectivity index (χ2n) is 4.81. The van der Waals surface area contributed by atoms with E-state index in [1.807, 2.05) is 0 Å². The van der Waals surface area contributed by atoms with E-state index in [2.05, 4.69) is 0 Å². The molecule has 1 saturated heterocycles. The fraction of sp³-hybridized carbons (Fsp3) is 0.800. The molecule has 1 rings (SSSR count). The quantitative estimate of drug-likeness (QED) is 0.628. The summed E-state index contributed by atoms with van der Waals surface area (Å²) in [4.78, 5) is 29.6. The number of likely N-dealkylation sites (N-methyl/N-ethyl adjacent to an activating group) is 1. The molecule has 15 heavy (non-hydrogen) atoms. The number of carbonyl (C=O) groups is 2. The molecule has 1 heterocycles.